The van der Waals surface area contributed by atoms with E-state index in [0.717, 1.165) is 12.1 Å². The van der Waals surface area contributed by atoms with E-state index in [9.17, 15) is 22.8 Å². The molecule has 3 nitrogen and oxygen atoms in total. The van der Waals surface area contributed by atoms with Crippen LogP contribution in [-0.4, -0.2) is 18.2 Å². The second-order valence-electron chi connectivity index (χ2n) is 5.90. The number of Topliss-reactive ketones (excluding diaryl/α,β-unsaturated/α-hetero) is 1. The number of hydrogen-bond donors (Lipinski definition) is 0. The molecule has 1 aromatic rings. The molecule has 120 valence electrons. The normalized spacial score (nSPS) is 15.7. The topological polar surface area (TPSA) is 37.4 Å². The van der Waals surface area contributed by atoms with E-state index in [1.165, 1.54) is 11.0 Å². The Hall–Kier alpha value is -1.85. The lowest BCUT2D eigenvalue weighted by Gasteiger charge is -2.24. The van der Waals surface area contributed by atoms with Crippen molar-refractivity contribution in [3.63, 3.8) is 0 Å². The Balaban J connectivity index is 2.49. The molecule has 0 atom stereocenters. The number of rotatable bonds is 2. The first kappa shape index (κ1) is 16.5. The van der Waals surface area contributed by atoms with Crippen molar-refractivity contribution in [1.82, 2.24) is 0 Å². The second-order valence-corrected chi connectivity index (χ2v) is 5.90. The van der Waals surface area contributed by atoms with Gasteiger partial charge in [-0.05, 0) is 30.5 Å². The average Bonchev–Trinajstić information content (AvgIpc) is 2.56. The number of anilines is 1. The number of benzene rings is 1. The highest BCUT2D eigenvalue weighted by molar-refractivity contribution is 6.06. The highest BCUT2D eigenvalue weighted by atomic mass is 19.4. The van der Waals surface area contributed by atoms with E-state index in [1.807, 2.05) is 13.8 Å². The Kier molecular flexibility index (Phi) is 4.58. The molecular weight excluding hydrogens is 295 g/mol. The number of halogens is 3. The number of carbonyl (C=O) groups is 2. The number of ketones is 1. The van der Waals surface area contributed by atoms with E-state index >= 15 is 0 Å². The lowest BCUT2D eigenvalue weighted by Crippen LogP contribution is -2.32. The molecule has 0 unspecified atom stereocenters. The van der Waals surface area contributed by atoms with Gasteiger partial charge in [0.2, 0.25) is 5.91 Å². The number of fused-ring (bicyclic) bond motifs is 1. The Labute approximate surface area is 127 Å². The zero-order chi connectivity index (χ0) is 16.5. The minimum absolute atomic E-state index is 0.0861. The van der Waals surface area contributed by atoms with Gasteiger partial charge in [0.25, 0.3) is 0 Å². The standard InChI is InChI=1S/C16H18F3NO2/c1-10(2)8-15(22)20-7-3-4-14(21)12-6-5-11(9-13(12)20)16(17,18)19/h5-6,9-10H,3-4,7-8H2,1-2H3. The van der Waals surface area contributed by atoms with Crippen LogP contribution in [-0.2, 0) is 11.0 Å². The molecule has 0 N–H and O–H groups in total. The fourth-order valence-corrected chi connectivity index (χ4v) is 2.54. The van der Waals surface area contributed by atoms with Crippen LogP contribution in [0.2, 0.25) is 0 Å². The smallest absolute Gasteiger partial charge is 0.312 e. The largest absolute Gasteiger partial charge is 0.416 e. The first-order chi connectivity index (χ1) is 10.2. The number of amides is 1. The predicted octanol–water partition coefficient (Wildman–Crippen LogP) is 4.06. The predicted molar refractivity (Wildman–Crippen MR) is 76.8 cm³/mol. The zero-order valence-electron chi connectivity index (χ0n) is 12.5. The van der Waals surface area contributed by atoms with Crippen molar-refractivity contribution in [2.45, 2.75) is 39.3 Å². The van der Waals surface area contributed by atoms with E-state index < -0.39 is 11.7 Å². The van der Waals surface area contributed by atoms with Gasteiger partial charge >= 0.3 is 6.18 Å². The second kappa shape index (κ2) is 6.10. The van der Waals surface area contributed by atoms with Crippen LogP contribution in [0.1, 0.15) is 49.0 Å². The van der Waals surface area contributed by atoms with Crippen molar-refractivity contribution in [2.24, 2.45) is 5.92 Å². The third kappa shape index (κ3) is 3.48. The van der Waals surface area contributed by atoms with Gasteiger partial charge in [-0.2, -0.15) is 13.2 Å². The van der Waals surface area contributed by atoms with Gasteiger partial charge in [-0.1, -0.05) is 13.8 Å². The maximum atomic E-state index is 12.9. The molecule has 1 heterocycles. The van der Waals surface area contributed by atoms with Crippen molar-refractivity contribution >= 4 is 17.4 Å². The average molecular weight is 313 g/mol. The van der Waals surface area contributed by atoms with Crippen LogP contribution in [0.5, 0.6) is 0 Å². The molecule has 0 bridgehead atoms. The first-order valence-corrected chi connectivity index (χ1v) is 7.25. The summed E-state index contributed by atoms with van der Waals surface area (Å²) in [4.78, 5) is 25.7. The van der Waals surface area contributed by atoms with Gasteiger partial charge in [0.15, 0.2) is 5.78 Å². The summed E-state index contributed by atoms with van der Waals surface area (Å²) in [5.74, 6) is -0.366. The summed E-state index contributed by atoms with van der Waals surface area (Å²) < 4.78 is 38.7. The maximum Gasteiger partial charge on any atom is 0.416 e. The van der Waals surface area contributed by atoms with Crippen LogP contribution >= 0.6 is 0 Å². The molecule has 1 amide bonds. The molecule has 22 heavy (non-hydrogen) atoms. The third-order valence-electron chi connectivity index (χ3n) is 3.59. The molecule has 0 saturated heterocycles. The summed E-state index contributed by atoms with van der Waals surface area (Å²) in [6.07, 6.45) is -3.57. The fraction of sp³-hybridized carbons (Fsp3) is 0.500. The van der Waals surface area contributed by atoms with Crippen molar-refractivity contribution in [1.29, 1.82) is 0 Å². The summed E-state index contributed by atoms with van der Waals surface area (Å²) in [6.45, 7) is 4.01. The SMILES string of the molecule is CC(C)CC(=O)N1CCCC(=O)c2ccc(C(F)(F)F)cc21. The van der Waals surface area contributed by atoms with Gasteiger partial charge in [0, 0.05) is 24.9 Å². The molecule has 0 aromatic heterocycles. The number of alkyl halides is 3. The molecule has 6 heteroatoms. The van der Waals surface area contributed by atoms with E-state index in [2.05, 4.69) is 0 Å². The van der Waals surface area contributed by atoms with Crippen LogP contribution in [0.4, 0.5) is 18.9 Å². The van der Waals surface area contributed by atoms with Gasteiger partial charge < -0.3 is 4.90 Å². The summed E-state index contributed by atoms with van der Waals surface area (Å²) in [5, 5.41) is 0. The molecule has 1 aromatic carbocycles. The van der Waals surface area contributed by atoms with E-state index in [0.29, 0.717) is 6.42 Å². The van der Waals surface area contributed by atoms with Gasteiger partial charge in [0.05, 0.1) is 11.3 Å². The lowest BCUT2D eigenvalue weighted by atomic mass is 10.0. The lowest BCUT2D eigenvalue weighted by molar-refractivity contribution is -0.137. The highest BCUT2D eigenvalue weighted by Gasteiger charge is 2.33. The van der Waals surface area contributed by atoms with Gasteiger partial charge in [-0.3, -0.25) is 9.59 Å². The first-order valence-electron chi connectivity index (χ1n) is 7.25. The Morgan fingerprint density at radius 1 is 1.32 bits per heavy atom. The summed E-state index contributed by atoms with van der Waals surface area (Å²) >= 11 is 0. The monoisotopic (exact) mass is 313 g/mol. The van der Waals surface area contributed by atoms with E-state index in [-0.39, 0.29) is 48.2 Å². The van der Waals surface area contributed by atoms with Crippen LogP contribution in [0.25, 0.3) is 0 Å². The number of carbonyl (C=O) groups excluding carboxylic acids is 2. The number of nitrogens with zero attached hydrogens (tertiary/aromatic N) is 1. The molecule has 1 aliphatic heterocycles. The fourth-order valence-electron chi connectivity index (χ4n) is 2.54. The molecule has 0 spiro atoms. The molecule has 0 radical (unpaired) electrons. The van der Waals surface area contributed by atoms with E-state index in [4.69, 9.17) is 0 Å². The number of hydrogen-bond acceptors (Lipinski definition) is 2. The molecule has 0 aliphatic carbocycles. The summed E-state index contributed by atoms with van der Waals surface area (Å²) in [6, 6.07) is 2.99. The van der Waals surface area contributed by atoms with Crippen molar-refractivity contribution in [2.75, 3.05) is 11.4 Å². The summed E-state index contributed by atoms with van der Waals surface area (Å²) in [7, 11) is 0. The minimum atomic E-state index is -4.50. The Morgan fingerprint density at radius 2 is 2.00 bits per heavy atom. The molecule has 0 saturated carbocycles. The van der Waals surface area contributed by atoms with Crippen molar-refractivity contribution < 1.29 is 22.8 Å². The van der Waals surface area contributed by atoms with Crippen molar-refractivity contribution in [3.8, 4) is 0 Å². The molecule has 2 rings (SSSR count). The Morgan fingerprint density at radius 3 is 2.59 bits per heavy atom. The maximum absolute atomic E-state index is 12.9. The van der Waals surface area contributed by atoms with Gasteiger partial charge in [0.1, 0.15) is 0 Å². The highest BCUT2D eigenvalue weighted by Crippen LogP contribution is 2.35. The molecule has 1 aliphatic rings. The van der Waals surface area contributed by atoms with Gasteiger partial charge in [-0.15, -0.1) is 0 Å². The molecule has 0 fully saturated rings. The van der Waals surface area contributed by atoms with Crippen LogP contribution in [0, 0.1) is 5.92 Å². The quantitative estimate of drug-likeness (QED) is 0.825. The van der Waals surface area contributed by atoms with Crippen molar-refractivity contribution in [3.05, 3.63) is 29.3 Å². The minimum Gasteiger partial charge on any atom is -0.312 e. The Bertz CT molecular complexity index is 594. The van der Waals surface area contributed by atoms with E-state index in [1.54, 1.807) is 0 Å². The molecular formula is C16H18F3NO2. The third-order valence-corrected chi connectivity index (χ3v) is 3.59. The zero-order valence-corrected chi connectivity index (χ0v) is 12.5. The van der Waals surface area contributed by atoms with Gasteiger partial charge in [-0.25, -0.2) is 0 Å². The van der Waals surface area contributed by atoms with Crippen LogP contribution in [0.3, 0.4) is 0 Å². The van der Waals surface area contributed by atoms with Crippen LogP contribution in [0.15, 0.2) is 18.2 Å². The van der Waals surface area contributed by atoms with Crippen LogP contribution < -0.4 is 4.90 Å². The summed E-state index contributed by atoms with van der Waals surface area (Å²) in [5.41, 5.74) is -0.561.